The van der Waals surface area contributed by atoms with Gasteiger partial charge in [-0.3, -0.25) is 4.79 Å². The van der Waals surface area contributed by atoms with Crippen LogP contribution in [0, 0.1) is 20.8 Å². The SMILES string of the molecule is CC(=O)Nc1c(C)cc(CC(=O)[O-])c(C)c1C. The highest BCUT2D eigenvalue weighted by molar-refractivity contribution is 5.91. The first kappa shape index (κ1) is 13.2. The monoisotopic (exact) mass is 234 g/mol. The first-order chi connectivity index (χ1) is 7.82. The summed E-state index contributed by atoms with van der Waals surface area (Å²) in [4.78, 5) is 21.7. The topological polar surface area (TPSA) is 69.2 Å². The van der Waals surface area contributed by atoms with Crippen LogP contribution in [0.4, 0.5) is 5.69 Å². The van der Waals surface area contributed by atoms with E-state index in [1.165, 1.54) is 6.92 Å². The number of carbonyl (C=O) groups excluding carboxylic acids is 2. The molecule has 0 aliphatic heterocycles. The highest BCUT2D eigenvalue weighted by Gasteiger charge is 2.11. The van der Waals surface area contributed by atoms with Crippen LogP contribution in [0.2, 0.25) is 0 Å². The first-order valence-corrected chi connectivity index (χ1v) is 5.40. The standard InChI is InChI=1S/C13H17NO3/c1-7-5-11(6-12(16)17)8(2)9(3)13(7)14-10(4)15/h5H,6H2,1-4H3,(H,14,15)(H,16,17)/p-1. The van der Waals surface area contributed by atoms with Crippen molar-refractivity contribution in [3.8, 4) is 0 Å². The Morgan fingerprint density at radius 1 is 1.24 bits per heavy atom. The summed E-state index contributed by atoms with van der Waals surface area (Å²) < 4.78 is 0. The minimum atomic E-state index is -1.10. The third-order valence-electron chi connectivity index (χ3n) is 2.84. The van der Waals surface area contributed by atoms with E-state index in [4.69, 9.17) is 0 Å². The van der Waals surface area contributed by atoms with Crippen molar-refractivity contribution in [1.82, 2.24) is 0 Å². The Bertz CT molecular complexity index is 478. The molecule has 17 heavy (non-hydrogen) atoms. The van der Waals surface area contributed by atoms with Gasteiger partial charge in [-0.1, -0.05) is 6.07 Å². The van der Waals surface area contributed by atoms with E-state index in [0.29, 0.717) is 0 Å². The molecular formula is C13H16NO3-. The van der Waals surface area contributed by atoms with E-state index in [1.807, 2.05) is 20.8 Å². The molecule has 4 nitrogen and oxygen atoms in total. The van der Waals surface area contributed by atoms with Crippen molar-refractivity contribution >= 4 is 17.6 Å². The molecule has 4 heteroatoms. The predicted molar refractivity (Wildman–Crippen MR) is 63.7 cm³/mol. The second-order valence-electron chi connectivity index (χ2n) is 4.21. The molecule has 0 atom stereocenters. The number of rotatable bonds is 3. The van der Waals surface area contributed by atoms with Crippen LogP contribution in [-0.2, 0) is 16.0 Å². The summed E-state index contributed by atoms with van der Waals surface area (Å²) >= 11 is 0. The molecule has 0 heterocycles. The third-order valence-corrected chi connectivity index (χ3v) is 2.84. The summed E-state index contributed by atoms with van der Waals surface area (Å²) in [6, 6.07) is 1.78. The number of carboxylic acid groups (broad SMARTS) is 1. The van der Waals surface area contributed by atoms with Crippen LogP contribution in [0.3, 0.4) is 0 Å². The van der Waals surface area contributed by atoms with Gasteiger partial charge in [0.05, 0.1) is 0 Å². The molecule has 0 saturated heterocycles. The van der Waals surface area contributed by atoms with Gasteiger partial charge in [-0.15, -0.1) is 0 Å². The van der Waals surface area contributed by atoms with Gasteiger partial charge < -0.3 is 15.2 Å². The minimum absolute atomic E-state index is 0.103. The lowest BCUT2D eigenvalue weighted by molar-refractivity contribution is -0.304. The second kappa shape index (κ2) is 4.99. The maximum atomic E-state index is 11.1. The molecular weight excluding hydrogens is 218 g/mol. The average Bonchev–Trinajstić information content (AvgIpc) is 2.20. The van der Waals surface area contributed by atoms with Gasteiger partial charge in [0.1, 0.15) is 0 Å². The van der Waals surface area contributed by atoms with Crippen LogP contribution in [0.25, 0.3) is 0 Å². The molecule has 0 aliphatic carbocycles. The zero-order valence-corrected chi connectivity index (χ0v) is 10.5. The van der Waals surface area contributed by atoms with Crippen LogP contribution < -0.4 is 10.4 Å². The number of aliphatic carboxylic acids is 1. The summed E-state index contributed by atoms with van der Waals surface area (Å²) in [6.45, 7) is 7.00. The van der Waals surface area contributed by atoms with Crippen molar-refractivity contribution in [2.75, 3.05) is 5.32 Å². The lowest BCUT2D eigenvalue weighted by atomic mass is 9.95. The molecule has 0 unspecified atom stereocenters. The van der Waals surface area contributed by atoms with Gasteiger partial charge in [0.2, 0.25) is 5.91 Å². The molecule has 1 aromatic rings. The van der Waals surface area contributed by atoms with Crippen molar-refractivity contribution in [1.29, 1.82) is 0 Å². The first-order valence-electron chi connectivity index (χ1n) is 5.40. The van der Waals surface area contributed by atoms with Gasteiger partial charge in [0, 0.05) is 25.0 Å². The third kappa shape index (κ3) is 3.06. The van der Waals surface area contributed by atoms with Gasteiger partial charge in [0.25, 0.3) is 0 Å². The van der Waals surface area contributed by atoms with Gasteiger partial charge in [-0.05, 0) is 43.0 Å². The lowest BCUT2D eigenvalue weighted by Crippen LogP contribution is -2.25. The van der Waals surface area contributed by atoms with Crippen LogP contribution in [-0.4, -0.2) is 11.9 Å². The van der Waals surface area contributed by atoms with Crippen LogP contribution in [0.5, 0.6) is 0 Å². The van der Waals surface area contributed by atoms with Crippen molar-refractivity contribution in [3.63, 3.8) is 0 Å². The molecule has 0 saturated carbocycles. The van der Waals surface area contributed by atoms with E-state index >= 15 is 0 Å². The molecule has 1 rings (SSSR count). The smallest absolute Gasteiger partial charge is 0.221 e. The quantitative estimate of drug-likeness (QED) is 0.843. The molecule has 0 fully saturated rings. The Kier molecular flexibility index (Phi) is 3.89. The van der Waals surface area contributed by atoms with Crippen molar-refractivity contribution in [3.05, 3.63) is 28.3 Å². The Morgan fingerprint density at radius 2 is 1.82 bits per heavy atom. The normalized spacial score (nSPS) is 10.1. The van der Waals surface area contributed by atoms with E-state index in [1.54, 1.807) is 6.07 Å². The second-order valence-corrected chi connectivity index (χ2v) is 4.21. The highest BCUT2D eigenvalue weighted by atomic mass is 16.4. The van der Waals surface area contributed by atoms with Crippen molar-refractivity contribution in [2.45, 2.75) is 34.1 Å². The van der Waals surface area contributed by atoms with E-state index < -0.39 is 5.97 Å². The number of carbonyl (C=O) groups is 2. The number of amides is 1. The van der Waals surface area contributed by atoms with Crippen LogP contribution >= 0.6 is 0 Å². The Morgan fingerprint density at radius 3 is 2.29 bits per heavy atom. The van der Waals surface area contributed by atoms with E-state index in [-0.39, 0.29) is 12.3 Å². The summed E-state index contributed by atoms with van der Waals surface area (Å²) in [6.07, 6.45) is -0.103. The maximum Gasteiger partial charge on any atom is 0.221 e. The van der Waals surface area contributed by atoms with Crippen LogP contribution in [0.1, 0.15) is 29.2 Å². The zero-order valence-electron chi connectivity index (χ0n) is 10.5. The summed E-state index contributed by atoms with van der Waals surface area (Å²) in [5, 5.41) is 13.4. The summed E-state index contributed by atoms with van der Waals surface area (Å²) in [5.41, 5.74) is 4.13. The Balaban J connectivity index is 3.25. The van der Waals surface area contributed by atoms with Gasteiger partial charge >= 0.3 is 0 Å². The summed E-state index contributed by atoms with van der Waals surface area (Å²) in [7, 11) is 0. The largest absolute Gasteiger partial charge is 0.550 e. The molecule has 0 aromatic heterocycles. The predicted octanol–water partition coefficient (Wildman–Crippen LogP) is 0.863. The van der Waals surface area contributed by atoms with Crippen LogP contribution in [0.15, 0.2) is 6.07 Å². The fraction of sp³-hybridized carbons (Fsp3) is 0.385. The fourth-order valence-electron chi connectivity index (χ4n) is 1.87. The van der Waals surface area contributed by atoms with Crippen molar-refractivity contribution < 1.29 is 14.7 Å². The number of hydrogen-bond acceptors (Lipinski definition) is 3. The average molecular weight is 234 g/mol. The number of hydrogen-bond donors (Lipinski definition) is 1. The van der Waals surface area contributed by atoms with E-state index in [9.17, 15) is 14.7 Å². The minimum Gasteiger partial charge on any atom is -0.550 e. The molecule has 0 aliphatic rings. The number of nitrogens with one attached hydrogen (secondary N) is 1. The van der Waals surface area contributed by atoms with Gasteiger partial charge in [0.15, 0.2) is 0 Å². The van der Waals surface area contributed by atoms with Gasteiger partial charge in [-0.25, -0.2) is 0 Å². The molecule has 1 amide bonds. The summed E-state index contributed by atoms with van der Waals surface area (Å²) in [5.74, 6) is -1.23. The molecule has 0 bridgehead atoms. The van der Waals surface area contributed by atoms with Gasteiger partial charge in [-0.2, -0.15) is 0 Å². The number of anilines is 1. The maximum absolute atomic E-state index is 11.1. The number of carboxylic acids is 1. The number of aryl methyl sites for hydroxylation is 1. The molecule has 92 valence electrons. The zero-order chi connectivity index (χ0) is 13.2. The lowest BCUT2D eigenvalue weighted by Gasteiger charge is -2.17. The highest BCUT2D eigenvalue weighted by Crippen LogP contribution is 2.26. The molecule has 1 aromatic carbocycles. The van der Waals surface area contributed by atoms with E-state index in [0.717, 1.165) is 27.9 Å². The number of benzene rings is 1. The Labute approximate surface area is 101 Å². The Hall–Kier alpha value is -1.84. The fourth-order valence-corrected chi connectivity index (χ4v) is 1.87. The molecule has 1 N–H and O–H groups in total. The molecule has 0 radical (unpaired) electrons. The van der Waals surface area contributed by atoms with E-state index in [2.05, 4.69) is 5.32 Å². The molecule has 0 spiro atoms. The van der Waals surface area contributed by atoms with Crippen molar-refractivity contribution in [2.24, 2.45) is 0 Å².